The summed E-state index contributed by atoms with van der Waals surface area (Å²) in [5.41, 5.74) is 0.0423. The van der Waals surface area contributed by atoms with E-state index in [1.165, 1.54) is 25.3 Å². The lowest BCUT2D eigenvalue weighted by Crippen LogP contribution is -2.05. The number of hydrogen-bond acceptors (Lipinski definition) is 2. The van der Waals surface area contributed by atoms with Gasteiger partial charge >= 0.3 is 0 Å². The maximum Gasteiger partial charge on any atom is 0.165 e. The zero-order valence-electron chi connectivity index (χ0n) is 8.88. The first-order valence-corrected chi connectivity index (χ1v) is 5.67. The summed E-state index contributed by atoms with van der Waals surface area (Å²) in [5, 5.41) is 9.93. The van der Waals surface area contributed by atoms with E-state index in [9.17, 15) is 13.9 Å². The molecule has 0 spiro atoms. The molecule has 0 fully saturated rings. The number of rotatable bonds is 2. The van der Waals surface area contributed by atoms with E-state index in [0.717, 1.165) is 0 Å². The summed E-state index contributed by atoms with van der Waals surface area (Å²) in [6.07, 6.45) is 0.0138. The summed E-state index contributed by atoms with van der Waals surface area (Å²) in [6, 6.07) is 4.32. The molecule has 1 aromatic heterocycles. The molecular formula is C12H9BrF2O2. The molecule has 0 aliphatic heterocycles. The Labute approximate surface area is 105 Å². The Balaban J connectivity index is 2.48. The first kappa shape index (κ1) is 12.3. The van der Waals surface area contributed by atoms with Crippen LogP contribution in [0, 0.1) is 18.6 Å². The number of benzene rings is 1. The van der Waals surface area contributed by atoms with Gasteiger partial charge in [0.05, 0.1) is 10.7 Å². The zero-order chi connectivity index (χ0) is 12.6. The van der Waals surface area contributed by atoms with Crippen molar-refractivity contribution in [1.82, 2.24) is 0 Å². The molecule has 90 valence electrons. The van der Waals surface area contributed by atoms with Crippen molar-refractivity contribution >= 4 is 15.9 Å². The van der Waals surface area contributed by atoms with Crippen molar-refractivity contribution in [3.63, 3.8) is 0 Å². The molecule has 5 heteroatoms. The average molecular weight is 303 g/mol. The molecular weight excluding hydrogens is 294 g/mol. The van der Waals surface area contributed by atoms with Gasteiger partial charge in [0.15, 0.2) is 17.4 Å². The number of aliphatic hydroxyl groups is 1. The highest BCUT2D eigenvalue weighted by Crippen LogP contribution is 2.31. The van der Waals surface area contributed by atoms with Crippen LogP contribution in [0.5, 0.6) is 0 Å². The van der Waals surface area contributed by atoms with Gasteiger partial charge in [-0.05, 0) is 34.5 Å². The van der Waals surface area contributed by atoms with Crippen LogP contribution in [0.25, 0.3) is 0 Å². The summed E-state index contributed by atoms with van der Waals surface area (Å²) in [7, 11) is 0. The van der Waals surface area contributed by atoms with Gasteiger partial charge in [-0.15, -0.1) is 0 Å². The molecule has 2 aromatic rings. The van der Waals surface area contributed by atoms with Gasteiger partial charge in [-0.3, -0.25) is 0 Å². The fraction of sp³-hybridized carbons (Fsp3) is 0.167. The first-order valence-electron chi connectivity index (χ1n) is 4.88. The van der Waals surface area contributed by atoms with Crippen molar-refractivity contribution in [1.29, 1.82) is 0 Å². The van der Waals surface area contributed by atoms with Crippen LogP contribution in [-0.4, -0.2) is 5.11 Å². The third-order valence-corrected chi connectivity index (χ3v) is 3.15. The Bertz CT molecular complexity index is 551. The molecule has 0 saturated heterocycles. The highest BCUT2D eigenvalue weighted by Gasteiger charge is 2.23. The van der Waals surface area contributed by atoms with Gasteiger partial charge in [0.2, 0.25) is 0 Å². The molecule has 1 N–H and O–H groups in total. The van der Waals surface area contributed by atoms with Crippen LogP contribution < -0.4 is 0 Å². The summed E-state index contributed by atoms with van der Waals surface area (Å²) >= 11 is 3.15. The maximum absolute atomic E-state index is 13.6. The van der Waals surface area contributed by atoms with Gasteiger partial charge in [-0.1, -0.05) is 12.1 Å². The summed E-state index contributed by atoms with van der Waals surface area (Å²) in [5.74, 6) is -1.86. The summed E-state index contributed by atoms with van der Waals surface area (Å²) in [6.45, 7) is 1.46. The quantitative estimate of drug-likeness (QED) is 0.917. The van der Waals surface area contributed by atoms with Crippen molar-refractivity contribution in [3.05, 3.63) is 57.5 Å². The molecule has 0 bridgehead atoms. The minimum Gasteiger partial charge on any atom is -0.465 e. The lowest BCUT2D eigenvalue weighted by Gasteiger charge is -2.11. The predicted molar refractivity (Wildman–Crippen MR) is 61.6 cm³/mol. The number of hydrogen-bond donors (Lipinski definition) is 1. The number of furan rings is 1. The van der Waals surface area contributed by atoms with Crippen LogP contribution in [0.1, 0.15) is 23.0 Å². The second-order valence-corrected chi connectivity index (χ2v) is 4.49. The smallest absolute Gasteiger partial charge is 0.165 e. The molecule has 0 aliphatic carbocycles. The van der Waals surface area contributed by atoms with E-state index in [-0.39, 0.29) is 16.9 Å². The Morgan fingerprint density at radius 3 is 2.53 bits per heavy atom. The highest BCUT2D eigenvalue weighted by atomic mass is 79.9. The lowest BCUT2D eigenvalue weighted by molar-refractivity contribution is 0.182. The third-order valence-electron chi connectivity index (χ3n) is 2.49. The minimum absolute atomic E-state index is 0.146. The van der Waals surface area contributed by atoms with E-state index in [1.807, 2.05) is 0 Å². The fourth-order valence-corrected chi connectivity index (χ4v) is 1.93. The van der Waals surface area contributed by atoms with Gasteiger partial charge in [0.1, 0.15) is 6.10 Å². The largest absolute Gasteiger partial charge is 0.465 e. The molecule has 1 atom stereocenters. The van der Waals surface area contributed by atoms with Crippen molar-refractivity contribution < 1.29 is 18.3 Å². The van der Waals surface area contributed by atoms with Gasteiger partial charge in [0, 0.05) is 5.56 Å². The molecule has 1 aromatic carbocycles. The minimum atomic E-state index is -1.34. The molecule has 1 heterocycles. The SMILES string of the molecule is Cc1ccc(C(O)c2occc2Br)c(F)c1F. The Morgan fingerprint density at radius 1 is 1.24 bits per heavy atom. The van der Waals surface area contributed by atoms with Crippen LogP contribution >= 0.6 is 15.9 Å². The lowest BCUT2D eigenvalue weighted by atomic mass is 10.0. The van der Waals surface area contributed by atoms with Crippen LogP contribution in [0.4, 0.5) is 8.78 Å². The van der Waals surface area contributed by atoms with Gasteiger partial charge in [-0.2, -0.15) is 0 Å². The van der Waals surface area contributed by atoms with Crippen LogP contribution in [-0.2, 0) is 0 Å². The molecule has 0 aliphatic rings. The number of aryl methyl sites for hydroxylation is 1. The second-order valence-electron chi connectivity index (χ2n) is 3.63. The summed E-state index contributed by atoms with van der Waals surface area (Å²) < 4.78 is 32.5. The average Bonchev–Trinajstić information content (AvgIpc) is 2.72. The topological polar surface area (TPSA) is 33.4 Å². The maximum atomic E-state index is 13.6. The fourth-order valence-electron chi connectivity index (χ4n) is 1.51. The van der Waals surface area contributed by atoms with Crippen LogP contribution in [0.3, 0.4) is 0 Å². The highest BCUT2D eigenvalue weighted by molar-refractivity contribution is 9.10. The van der Waals surface area contributed by atoms with Gasteiger partial charge in [0.25, 0.3) is 0 Å². The second kappa shape index (κ2) is 4.58. The van der Waals surface area contributed by atoms with Crippen molar-refractivity contribution in [2.45, 2.75) is 13.0 Å². The molecule has 0 saturated carbocycles. The monoisotopic (exact) mass is 302 g/mol. The standard InChI is InChI=1S/C12H9BrF2O2/c1-6-2-3-7(10(15)9(6)14)11(16)12-8(13)4-5-17-12/h2-5,11,16H,1H3. The third kappa shape index (κ3) is 2.12. The van der Waals surface area contributed by atoms with E-state index in [0.29, 0.717) is 4.47 Å². The number of halogens is 3. The summed E-state index contributed by atoms with van der Waals surface area (Å²) in [4.78, 5) is 0. The van der Waals surface area contributed by atoms with E-state index in [2.05, 4.69) is 15.9 Å². The van der Waals surface area contributed by atoms with Crippen LogP contribution in [0.15, 0.2) is 33.4 Å². The molecule has 0 radical (unpaired) electrons. The molecule has 1 unspecified atom stereocenters. The Hall–Kier alpha value is -1.20. The Morgan fingerprint density at radius 2 is 1.94 bits per heavy atom. The number of aliphatic hydroxyl groups excluding tert-OH is 1. The van der Waals surface area contributed by atoms with Gasteiger partial charge in [-0.25, -0.2) is 8.78 Å². The van der Waals surface area contributed by atoms with Crippen molar-refractivity contribution in [2.24, 2.45) is 0 Å². The first-order chi connectivity index (χ1) is 8.02. The molecule has 2 rings (SSSR count). The Kier molecular flexibility index (Phi) is 3.31. The van der Waals surface area contributed by atoms with E-state index >= 15 is 0 Å². The predicted octanol–water partition coefficient (Wildman–Crippen LogP) is 3.71. The normalized spacial score (nSPS) is 12.8. The van der Waals surface area contributed by atoms with Crippen LogP contribution in [0.2, 0.25) is 0 Å². The molecule has 17 heavy (non-hydrogen) atoms. The van der Waals surface area contributed by atoms with E-state index in [1.54, 1.807) is 6.07 Å². The van der Waals surface area contributed by atoms with Crippen molar-refractivity contribution in [2.75, 3.05) is 0 Å². The van der Waals surface area contributed by atoms with E-state index < -0.39 is 17.7 Å². The van der Waals surface area contributed by atoms with E-state index in [4.69, 9.17) is 4.42 Å². The molecule has 2 nitrogen and oxygen atoms in total. The van der Waals surface area contributed by atoms with Gasteiger partial charge < -0.3 is 9.52 Å². The zero-order valence-corrected chi connectivity index (χ0v) is 10.5. The molecule has 0 amide bonds. The van der Waals surface area contributed by atoms with Crippen molar-refractivity contribution in [3.8, 4) is 0 Å².